The van der Waals surface area contributed by atoms with Gasteiger partial charge in [0.15, 0.2) is 0 Å². The number of fused-ring (bicyclic) bond motifs is 1. The molecule has 1 N–H and O–H groups in total. The van der Waals surface area contributed by atoms with E-state index in [2.05, 4.69) is 4.98 Å². The third kappa shape index (κ3) is 4.22. The number of amides is 1. The van der Waals surface area contributed by atoms with Crippen LogP contribution in [0.15, 0.2) is 29.1 Å². The Labute approximate surface area is 171 Å². The Morgan fingerprint density at radius 2 is 1.90 bits per heavy atom. The van der Waals surface area contributed by atoms with E-state index in [-0.39, 0.29) is 18.0 Å². The smallest absolute Gasteiger partial charge is 0.261 e. The molecule has 0 bridgehead atoms. The van der Waals surface area contributed by atoms with Crippen molar-refractivity contribution in [1.29, 1.82) is 0 Å². The number of aliphatic hydroxyl groups is 1. The fourth-order valence-corrected chi connectivity index (χ4v) is 4.86. The monoisotopic (exact) mass is 397 g/mol. The van der Waals surface area contributed by atoms with E-state index in [0.717, 1.165) is 0 Å². The van der Waals surface area contributed by atoms with E-state index >= 15 is 0 Å². The summed E-state index contributed by atoms with van der Waals surface area (Å²) in [5.41, 5.74) is -0.382. The highest BCUT2D eigenvalue weighted by molar-refractivity contribution is 5.77. The minimum atomic E-state index is -0.984. The normalized spacial score (nSPS) is 19.7. The zero-order valence-electron chi connectivity index (χ0n) is 17.3. The van der Waals surface area contributed by atoms with Crippen LogP contribution in [-0.4, -0.2) is 44.2 Å². The summed E-state index contributed by atoms with van der Waals surface area (Å²) in [6.45, 7) is 3.32. The summed E-state index contributed by atoms with van der Waals surface area (Å²) < 4.78 is 1.64. The second-order valence-electron chi connectivity index (χ2n) is 8.75. The molecule has 4 rings (SSSR count). The summed E-state index contributed by atoms with van der Waals surface area (Å²) in [6.07, 6.45) is 7.08. The van der Waals surface area contributed by atoms with E-state index in [4.69, 9.17) is 0 Å². The number of aryl methyl sites for hydroxylation is 1. The van der Waals surface area contributed by atoms with Crippen molar-refractivity contribution in [2.24, 2.45) is 5.92 Å². The number of rotatable bonds is 5. The van der Waals surface area contributed by atoms with E-state index < -0.39 is 5.60 Å². The third-order valence-electron chi connectivity index (χ3n) is 6.69. The number of carbonyl (C=O) groups is 1. The summed E-state index contributed by atoms with van der Waals surface area (Å²) in [5, 5.41) is 11.8. The van der Waals surface area contributed by atoms with Gasteiger partial charge >= 0.3 is 0 Å². The lowest BCUT2D eigenvalue weighted by atomic mass is 9.90. The summed E-state index contributed by atoms with van der Waals surface area (Å²) >= 11 is 0. The van der Waals surface area contributed by atoms with Gasteiger partial charge in [0.2, 0.25) is 5.91 Å². The molecule has 29 heavy (non-hydrogen) atoms. The SMILES string of the molecule is CCc1nc2ccccc2c(=O)n1CC1(O)CCN(C(=O)CC2CCCC2)CC1. The van der Waals surface area contributed by atoms with Crippen molar-refractivity contribution < 1.29 is 9.90 Å². The molecule has 1 saturated heterocycles. The first-order valence-electron chi connectivity index (χ1n) is 11.0. The van der Waals surface area contributed by atoms with Crippen LogP contribution in [0, 0.1) is 5.92 Å². The average Bonchev–Trinajstić information content (AvgIpc) is 3.23. The summed E-state index contributed by atoms with van der Waals surface area (Å²) in [7, 11) is 0. The van der Waals surface area contributed by atoms with Crippen molar-refractivity contribution in [3.8, 4) is 0 Å². The zero-order chi connectivity index (χ0) is 20.4. The maximum atomic E-state index is 13.0. The Kier molecular flexibility index (Phi) is 5.72. The van der Waals surface area contributed by atoms with Gasteiger partial charge in [0.1, 0.15) is 5.82 Å². The number of aromatic nitrogens is 2. The van der Waals surface area contributed by atoms with Crippen LogP contribution in [0.25, 0.3) is 10.9 Å². The molecule has 1 aromatic carbocycles. The minimum Gasteiger partial charge on any atom is -0.388 e. The number of para-hydroxylation sites is 1. The number of hydrogen-bond acceptors (Lipinski definition) is 4. The van der Waals surface area contributed by atoms with Gasteiger partial charge in [-0.3, -0.25) is 14.2 Å². The molecule has 1 saturated carbocycles. The fourth-order valence-electron chi connectivity index (χ4n) is 4.86. The molecule has 0 atom stereocenters. The standard InChI is InChI=1S/C23H31N3O3/c1-2-20-24-19-10-6-5-9-18(19)22(28)26(20)16-23(29)11-13-25(14-12-23)21(27)15-17-7-3-4-8-17/h5-6,9-10,17,29H,2-4,7-8,11-16H2,1H3. The van der Waals surface area contributed by atoms with Gasteiger partial charge in [0.05, 0.1) is 23.0 Å². The van der Waals surface area contributed by atoms with E-state index in [0.29, 0.717) is 61.4 Å². The number of benzene rings is 1. The fraction of sp³-hybridized carbons (Fsp3) is 0.609. The predicted octanol–water partition coefficient (Wildman–Crippen LogP) is 2.89. The predicted molar refractivity (Wildman–Crippen MR) is 113 cm³/mol. The number of nitrogens with zero attached hydrogens (tertiary/aromatic N) is 3. The van der Waals surface area contributed by atoms with E-state index in [1.165, 1.54) is 25.7 Å². The molecule has 2 fully saturated rings. The van der Waals surface area contributed by atoms with Crippen molar-refractivity contribution in [1.82, 2.24) is 14.5 Å². The van der Waals surface area contributed by atoms with Gasteiger partial charge in [0.25, 0.3) is 5.56 Å². The Bertz CT molecular complexity index is 938. The Morgan fingerprint density at radius 3 is 2.59 bits per heavy atom. The molecule has 0 unspecified atom stereocenters. The molecular weight excluding hydrogens is 366 g/mol. The van der Waals surface area contributed by atoms with Crippen LogP contribution in [0.4, 0.5) is 0 Å². The van der Waals surface area contributed by atoms with Gasteiger partial charge in [-0.2, -0.15) is 0 Å². The van der Waals surface area contributed by atoms with E-state index in [1.54, 1.807) is 10.6 Å². The molecule has 6 heteroatoms. The molecular formula is C23H31N3O3. The van der Waals surface area contributed by atoms with Gasteiger partial charge < -0.3 is 10.0 Å². The van der Waals surface area contributed by atoms with Crippen LogP contribution in [0.3, 0.4) is 0 Å². The second-order valence-corrected chi connectivity index (χ2v) is 8.75. The quantitative estimate of drug-likeness (QED) is 0.842. The zero-order valence-corrected chi connectivity index (χ0v) is 17.3. The summed E-state index contributed by atoms with van der Waals surface area (Å²) in [5.74, 6) is 1.46. The molecule has 1 aromatic heterocycles. The van der Waals surface area contributed by atoms with Crippen LogP contribution < -0.4 is 5.56 Å². The lowest BCUT2D eigenvalue weighted by Crippen LogP contribution is -2.50. The van der Waals surface area contributed by atoms with Crippen molar-refractivity contribution >= 4 is 16.8 Å². The molecule has 2 aromatic rings. The largest absolute Gasteiger partial charge is 0.388 e. The molecule has 2 heterocycles. The van der Waals surface area contributed by atoms with Gasteiger partial charge in [-0.15, -0.1) is 0 Å². The second kappa shape index (κ2) is 8.27. The number of piperidine rings is 1. The van der Waals surface area contributed by atoms with E-state index in [9.17, 15) is 14.7 Å². The summed E-state index contributed by atoms with van der Waals surface area (Å²) in [6, 6.07) is 7.35. The lowest BCUT2D eigenvalue weighted by molar-refractivity contribution is -0.136. The maximum Gasteiger partial charge on any atom is 0.261 e. The van der Waals surface area contributed by atoms with Gasteiger partial charge in [-0.1, -0.05) is 31.9 Å². The first kappa shape index (κ1) is 20.1. The molecule has 6 nitrogen and oxygen atoms in total. The van der Waals surface area contributed by atoms with Crippen LogP contribution >= 0.6 is 0 Å². The molecule has 0 radical (unpaired) electrons. The number of likely N-dealkylation sites (tertiary alicyclic amines) is 1. The minimum absolute atomic E-state index is 0.0967. The Hall–Kier alpha value is -2.21. The highest BCUT2D eigenvalue weighted by atomic mass is 16.3. The highest BCUT2D eigenvalue weighted by Gasteiger charge is 2.35. The highest BCUT2D eigenvalue weighted by Crippen LogP contribution is 2.30. The van der Waals surface area contributed by atoms with Gasteiger partial charge in [-0.05, 0) is 43.7 Å². The van der Waals surface area contributed by atoms with Gasteiger partial charge in [-0.25, -0.2) is 4.98 Å². The Balaban J connectivity index is 1.47. The first-order chi connectivity index (χ1) is 14.0. The van der Waals surface area contributed by atoms with Crippen LogP contribution in [0.1, 0.15) is 57.7 Å². The van der Waals surface area contributed by atoms with Crippen molar-refractivity contribution in [3.05, 3.63) is 40.4 Å². The van der Waals surface area contributed by atoms with Crippen molar-refractivity contribution in [2.45, 2.75) is 70.4 Å². The lowest BCUT2D eigenvalue weighted by Gasteiger charge is -2.39. The molecule has 156 valence electrons. The van der Waals surface area contributed by atoms with Crippen molar-refractivity contribution in [2.75, 3.05) is 13.1 Å². The van der Waals surface area contributed by atoms with Gasteiger partial charge in [0, 0.05) is 25.9 Å². The van der Waals surface area contributed by atoms with Crippen LogP contribution in [0.2, 0.25) is 0 Å². The third-order valence-corrected chi connectivity index (χ3v) is 6.69. The topological polar surface area (TPSA) is 75.4 Å². The van der Waals surface area contributed by atoms with Crippen molar-refractivity contribution in [3.63, 3.8) is 0 Å². The average molecular weight is 398 g/mol. The van der Waals surface area contributed by atoms with E-state index in [1.807, 2.05) is 30.0 Å². The molecule has 0 spiro atoms. The molecule has 1 aliphatic carbocycles. The van der Waals surface area contributed by atoms with Crippen LogP contribution in [-0.2, 0) is 17.8 Å². The molecule has 1 amide bonds. The number of hydrogen-bond donors (Lipinski definition) is 1. The number of carbonyl (C=O) groups excluding carboxylic acids is 1. The molecule has 2 aliphatic rings. The Morgan fingerprint density at radius 1 is 1.21 bits per heavy atom. The summed E-state index contributed by atoms with van der Waals surface area (Å²) in [4.78, 5) is 32.2. The molecule has 1 aliphatic heterocycles. The maximum absolute atomic E-state index is 13.0. The van der Waals surface area contributed by atoms with Crippen LogP contribution in [0.5, 0.6) is 0 Å². The first-order valence-corrected chi connectivity index (χ1v) is 11.0.